The van der Waals surface area contributed by atoms with Crippen molar-refractivity contribution >= 4 is 45.3 Å². The number of anilines is 2. The molecule has 3 aromatic rings. The molecule has 0 atom stereocenters. The van der Waals surface area contributed by atoms with Crippen molar-refractivity contribution in [2.24, 2.45) is 0 Å². The van der Waals surface area contributed by atoms with Crippen molar-refractivity contribution in [1.29, 1.82) is 0 Å². The van der Waals surface area contributed by atoms with E-state index in [4.69, 9.17) is 17.0 Å². The van der Waals surface area contributed by atoms with E-state index >= 15 is 0 Å². The Hall–Kier alpha value is -2.78. The first-order valence-electron chi connectivity index (χ1n) is 8.96. The predicted molar refractivity (Wildman–Crippen MR) is 117 cm³/mol. The molecule has 9 heteroatoms. The minimum atomic E-state index is -0.386. The van der Waals surface area contributed by atoms with E-state index < -0.39 is 0 Å². The van der Waals surface area contributed by atoms with Gasteiger partial charge in [0.25, 0.3) is 0 Å². The van der Waals surface area contributed by atoms with Crippen LogP contribution in [0.1, 0.15) is 33.3 Å². The fourth-order valence-electron chi connectivity index (χ4n) is 2.97. The van der Waals surface area contributed by atoms with Crippen molar-refractivity contribution in [3.05, 3.63) is 64.0 Å². The molecule has 0 aliphatic rings. The highest BCUT2D eigenvalue weighted by molar-refractivity contribution is 7.80. The fraction of sp³-hybridized carbons (Fsp3) is 0.250. The van der Waals surface area contributed by atoms with E-state index in [1.54, 1.807) is 29.2 Å². The number of methoxy groups -OCH3 is 1. The molecular weight excluding hydrogens is 411 g/mol. The third kappa shape index (κ3) is 4.99. The second kappa shape index (κ2) is 9.15. The first-order valence-corrected chi connectivity index (χ1v) is 10.2. The zero-order valence-electron chi connectivity index (χ0n) is 16.3. The standard InChI is InChI=1S/C20H21FN4O2S2/c1-4-16-12(2)29-18(17(16)19(26)27-3)24-20(28)23-15-9-22-25(11-15)10-13-5-7-14(21)8-6-13/h5-9,11H,4,10H2,1-3H3,(H2,23,24,28). The average molecular weight is 433 g/mol. The van der Waals surface area contributed by atoms with Crippen molar-refractivity contribution in [3.8, 4) is 0 Å². The minimum Gasteiger partial charge on any atom is -0.465 e. The Morgan fingerprint density at radius 1 is 1.31 bits per heavy atom. The number of carbonyl (C=O) groups is 1. The van der Waals surface area contributed by atoms with Gasteiger partial charge in [-0.1, -0.05) is 19.1 Å². The van der Waals surface area contributed by atoms with Gasteiger partial charge < -0.3 is 15.4 Å². The molecule has 3 rings (SSSR count). The summed E-state index contributed by atoms with van der Waals surface area (Å²) in [5, 5.41) is 11.5. The van der Waals surface area contributed by atoms with E-state index in [9.17, 15) is 9.18 Å². The first-order chi connectivity index (χ1) is 13.9. The van der Waals surface area contributed by atoms with Crippen LogP contribution in [0.3, 0.4) is 0 Å². The molecule has 1 aromatic carbocycles. The highest BCUT2D eigenvalue weighted by Crippen LogP contribution is 2.34. The van der Waals surface area contributed by atoms with Crippen LogP contribution < -0.4 is 10.6 Å². The van der Waals surface area contributed by atoms with Crippen LogP contribution in [0.2, 0.25) is 0 Å². The Balaban J connectivity index is 1.68. The SMILES string of the molecule is CCc1c(C)sc(NC(=S)Nc2cnn(Cc3ccc(F)cc3)c2)c1C(=O)OC. The van der Waals surface area contributed by atoms with Gasteiger partial charge >= 0.3 is 5.97 Å². The number of benzene rings is 1. The summed E-state index contributed by atoms with van der Waals surface area (Å²) in [6.45, 7) is 4.48. The largest absolute Gasteiger partial charge is 0.465 e. The number of nitrogens with zero attached hydrogens (tertiary/aromatic N) is 2. The normalized spacial score (nSPS) is 10.6. The molecule has 0 saturated heterocycles. The summed E-state index contributed by atoms with van der Waals surface area (Å²) in [6.07, 6.45) is 4.18. The smallest absolute Gasteiger partial charge is 0.341 e. The third-order valence-electron chi connectivity index (χ3n) is 4.33. The number of halogens is 1. The van der Waals surface area contributed by atoms with E-state index in [0.29, 0.717) is 27.9 Å². The summed E-state index contributed by atoms with van der Waals surface area (Å²) in [5.74, 6) is -0.655. The number of hydrogen-bond acceptors (Lipinski definition) is 5. The van der Waals surface area contributed by atoms with Crippen molar-refractivity contribution in [1.82, 2.24) is 9.78 Å². The molecule has 152 valence electrons. The van der Waals surface area contributed by atoms with Gasteiger partial charge in [0.05, 0.1) is 31.1 Å². The Kier molecular flexibility index (Phi) is 6.60. The summed E-state index contributed by atoms with van der Waals surface area (Å²) in [4.78, 5) is 13.3. The molecule has 2 N–H and O–H groups in total. The molecule has 0 unspecified atom stereocenters. The number of hydrogen-bond donors (Lipinski definition) is 2. The second-order valence-corrected chi connectivity index (χ2v) is 7.95. The van der Waals surface area contributed by atoms with Gasteiger partial charge in [-0.05, 0) is 48.8 Å². The molecule has 0 spiro atoms. The van der Waals surface area contributed by atoms with Gasteiger partial charge in [0, 0.05) is 11.1 Å². The topological polar surface area (TPSA) is 68.2 Å². The molecular formula is C20H21FN4O2S2. The van der Waals surface area contributed by atoms with Crippen LogP contribution in [0.25, 0.3) is 0 Å². The fourth-order valence-corrected chi connectivity index (χ4v) is 4.39. The van der Waals surface area contributed by atoms with E-state index in [0.717, 1.165) is 22.4 Å². The lowest BCUT2D eigenvalue weighted by Crippen LogP contribution is -2.20. The second-order valence-electron chi connectivity index (χ2n) is 6.32. The summed E-state index contributed by atoms with van der Waals surface area (Å²) in [6, 6.07) is 6.27. The van der Waals surface area contributed by atoms with Crippen molar-refractivity contribution in [2.45, 2.75) is 26.8 Å². The van der Waals surface area contributed by atoms with Gasteiger partial charge in [0.2, 0.25) is 0 Å². The number of carbonyl (C=O) groups excluding carboxylic acids is 1. The molecule has 0 aliphatic carbocycles. The third-order valence-corrected chi connectivity index (χ3v) is 5.60. The Morgan fingerprint density at radius 2 is 2.03 bits per heavy atom. The number of aromatic nitrogens is 2. The molecule has 6 nitrogen and oxygen atoms in total. The summed E-state index contributed by atoms with van der Waals surface area (Å²) in [5.41, 5.74) is 3.12. The average Bonchev–Trinajstić information content (AvgIpc) is 3.25. The number of nitrogens with one attached hydrogen (secondary N) is 2. The van der Waals surface area contributed by atoms with Crippen LogP contribution in [0.4, 0.5) is 15.1 Å². The molecule has 0 amide bonds. The van der Waals surface area contributed by atoms with Gasteiger partial charge in [-0.2, -0.15) is 5.10 Å². The summed E-state index contributed by atoms with van der Waals surface area (Å²) in [7, 11) is 1.37. The Bertz CT molecular complexity index is 1030. The molecule has 2 aromatic heterocycles. The van der Waals surface area contributed by atoms with E-state index in [1.807, 2.05) is 13.8 Å². The van der Waals surface area contributed by atoms with Crippen LogP contribution in [-0.4, -0.2) is 28.0 Å². The van der Waals surface area contributed by atoms with E-state index in [2.05, 4.69) is 15.7 Å². The molecule has 0 saturated carbocycles. The van der Waals surface area contributed by atoms with Crippen LogP contribution >= 0.6 is 23.6 Å². The van der Waals surface area contributed by atoms with Crippen molar-refractivity contribution in [2.75, 3.05) is 17.7 Å². The Labute approximate surface area is 177 Å². The molecule has 0 radical (unpaired) electrons. The highest BCUT2D eigenvalue weighted by Gasteiger charge is 2.22. The first kappa shape index (κ1) is 20.9. The van der Waals surface area contributed by atoms with Crippen LogP contribution in [0.5, 0.6) is 0 Å². The number of ether oxygens (including phenoxy) is 1. The maximum Gasteiger partial charge on any atom is 0.341 e. The molecule has 0 aliphatic heterocycles. The lowest BCUT2D eigenvalue weighted by atomic mass is 10.1. The van der Waals surface area contributed by atoms with Crippen LogP contribution in [0.15, 0.2) is 36.7 Å². The highest BCUT2D eigenvalue weighted by atomic mass is 32.1. The Morgan fingerprint density at radius 3 is 2.69 bits per heavy atom. The van der Waals surface area contributed by atoms with Gasteiger partial charge in [0.15, 0.2) is 5.11 Å². The maximum atomic E-state index is 13.0. The quantitative estimate of drug-likeness (QED) is 0.438. The zero-order chi connectivity index (χ0) is 21.0. The van der Waals surface area contributed by atoms with Gasteiger partial charge in [0.1, 0.15) is 10.8 Å². The van der Waals surface area contributed by atoms with Gasteiger partial charge in [-0.15, -0.1) is 11.3 Å². The number of thiocarbonyl (C=S) groups is 1. The van der Waals surface area contributed by atoms with Crippen molar-refractivity contribution < 1.29 is 13.9 Å². The van der Waals surface area contributed by atoms with E-state index in [1.165, 1.54) is 30.6 Å². The number of esters is 1. The molecule has 2 heterocycles. The van der Waals surface area contributed by atoms with E-state index in [-0.39, 0.29) is 11.8 Å². The minimum absolute atomic E-state index is 0.269. The van der Waals surface area contributed by atoms with Crippen LogP contribution in [-0.2, 0) is 17.7 Å². The summed E-state index contributed by atoms with van der Waals surface area (Å²) >= 11 is 6.86. The number of aryl methyl sites for hydroxylation is 1. The van der Waals surface area contributed by atoms with Gasteiger partial charge in [-0.3, -0.25) is 4.68 Å². The van der Waals surface area contributed by atoms with Gasteiger partial charge in [-0.25, -0.2) is 9.18 Å². The number of thiophene rings is 1. The monoisotopic (exact) mass is 432 g/mol. The van der Waals surface area contributed by atoms with Crippen LogP contribution in [0, 0.1) is 12.7 Å². The van der Waals surface area contributed by atoms with Crippen molar-refractivity contribution in [3.63, 3.8) is 0 Å². The zero-order valence-corrected chi connectivity index (χ0v) is 17.9. The lowest BCUT2D eigenvalue weighted by molar-refractivity contribution is 0.0601. The lowest BCUT2D eigenvalue weighted by Gasteiger charge is -2.09. The molecule has 29 heavy (non-hydrogen) atoms. The molecule has 0 fully saturated rings. The number of rotatable bonds is 6. The maximum absolute atomic E-state index is 13.0. The predicted octanol–water partition coefficient (Wildman–Crippen LogP) is 4.60. The molecule has 0 bridgehead atoms. The summed E-state index contributed by atoms with van der Waals surface area (Å²) < 4.78 is 19.7.